The molecule has 0 N–H and O–H groups in total. The summed E-state index contributed by atoms with van der Waals surface area (Å²) in [5.74, 6) is 2.57. The summed E-state index contributed by atoms with van der Waals surface area (Å²) < 4.78 is 5.25. The molecular weight excluding hydrogens is 316 g/mol. The lowest BCUT2D eigenvalue weighted by Crippen LogP contribution is -2.45. The first-order valence-corrected chi connectivity index (χ1v) is 8.84. The molecule has 2 fully saturated rings. The molecule has 2 aliphatic rings. The summed E-state index contributed by atoms with van der Waals surface area (Å²) in [6, 6.07) is 6.04. The van der Waals surface area contributed by atoms with Crippen molar-refractivity contribution in [2.24, 2.45) is 5.41 Å². The summed E-state index contributed by atoms with van der Waals surface area (Å²) in [7, 11) is 1.64. The quantitative estimate of drug-likeness (QED) is 0.847. The Kier molecular flexibility index (Phi) is 4.15. The normalized spacial score (nSPS) is 23.3. The van der Waals surface area contributed by atoms with Crippen molar-refractivity contribution in [3.05, 3.63) is 30.2 Å². The number of rotatable bonds is 3. The molecule has 132 valence electrons. The van der Waals surface area contributed by atoms with Gasteiger partial charge in [0.2, 0.25) is 5.88 Å². The number of nitrogens with zero attached hydrogens (tertiary/aromatic N) is 6. The van der Waals surface area contributed by atoms with Crippen LogP contribution in [-0.4, -0.2) is 53.5 Å². The van der Waals surface area contributed by atoms with Crippen LogP contribution in [0.25, 0.3) is 0 Å². The predicted molar refractivity (Wildman–Crippen MR) is 96.1 cm³/mol. The fourth-order valence-electron chi connectivity index (χ4n) is 4.04. The van der Waals surface area contributed by atoms with Crippen molar-refractivity contribution in [2.45, 2.75) is 26.2 Å². The minimum atomic E-state index is 0.295. The van der Waals surface area contributed by atoms with Crippen LogP contribution in [0.15, 0.2) is 24.5 Å². The predicted octanol–water partition coefficient (Wildman–Crippen LogP) is 2.08. The van der Waals surface area contributed by atoms with Gasteiger partial charge in [-0.05, 0) is 38.3 Å². The van der Waals surface area contributed by atoms with Gasteiger partial charge in [-0.2, -0.15) is 5.10 Å². The van der Waals surface area contributed by atoms with E-state index in [4.69, 9.17) is 4.74 Å². The van der Waals surface area contributed by atoms with Gasteiger partial charge in [0.25, 0.3) is 0 Å². The van der Waals surface area contributed by atoms with Crippen molar-refractivity contribution in [3.8, 4) is 5.88 Å². The average molecular weight is 340 g/mol. The van der Waals surface area contributed by atoms with Crippen LogP contribution in [0.3, 0.4) is 0 Å². The Labute approximate surface area is 148 Å². The van der Waals surface area contributed by atoms with Gasteiger partial charge in [-0.3, -0.25) is 0 Å². The van der Waals surface area contributed by atoms with Crippen molar-refractivity contribution in [1.29, 1.82) is 0 Å². The Hall–Kier alpha value is -2.44. The largest absolute Gasteiger partial charge is 0.481 e. The van der Waals surface area contributed by atoms with Gasteiger partial charge in [-0.25, -0.2) is 9.97 Å². The lowest BCUT2D eigenvalue weighted by Gasteiger charge is -2.41. The Morgan fingerprint density at radius 1 is 1.00 bits per heavy atom. The Bertz CT molecular complexity index is 737. The van der Waals surface area contributed by atoms with E-state index in [-0.39, 0.29) is 0 Å². The monoisotopic (exact) mass is 340 g/mol. The molecule has 2 aliphatic heterocycles. The van der Waals surface area contributed by atoms with E-state index < -0.39 is 0 Å². The first-order chi connectivity index (χ1) is 12.2. The van der Waals surface area contributed by atoms with E-state index in [2.05, 4.69) is 36.0 Å². The highest BCUT2D eigenvalue weighted by Gasteiger charge is 2.42. The number of piperidine rings is 1. The highest BCUT2D eigenvalue weighted by atomic mass is 16.5. The molecule has 7 nitrogen and oxygen atoms in total. The van der Waals surface area contributed by atoms with Crippen LogP contribution in [-0.2, 0) is 0 Å². The van der Waals surface area contributed by atoms with Gasteiger partial charge in [-0.15, -0.1) is 5.10 Å². The number of hydrogen-bond acceptors (Lipinski definition) is 7. The van der Waals surface area contributed by atoms with Crippen LogP contribution in [0.5, 0.6) is 5.88 Å². The highest BCUT2D eigenvalue weighted by Crippen LogP contribution is 2.41. The maximum Gasteiger partial charge on any atom is 0.218 e. The third kappa shape index (κ3) is 3.23. The van der Waals surface area contributed by atoms with E-state index in [1.54, 1.807) is 13.4 Å². The van der Waals surface area contributed by atoms with Gasteiger partial charge < -0.3 is 14.5 Å². The zero-order chi connectivity index (χ0) is 17.3. The number of anilines is 2. The standard InChI is InChI=1S/C18H24N6O/c1-14-4-5-15(22-21-14)24-9-7-18(12-24)6-3-8-23(11-18)16-10-17(25-2)20-13-19-16/h4-5,10,13H,3,6-9,11-12H2,1-2H3/t18-/m0/s1. The van der Waals surface area contributed by atoms with Crippen molar-refractivity contribution < 1.29 is 4.74 Å². The van der Waals surface area contributed by atoms with Gasteiger partial charge in [0.05, 0.1) is 12.8 Å². The fraction of sp³-hybridized carbons (Fsp3) is 0.556. The number of ether oxygens (including phenoxy) is 1. The van der Waals surface area contributed by atoms with E-state index in [0.29, 0.717) is 11.3 Å². The van der Waals surface area contributed by atoms with E-state index in [0.717, 1.165) is 43.5 Å². The molecule has 0 bridgehead atoms. The zero-order valence-electron chi connectivity index (χ0n) is 14.9. The zero-order valence-corrected chi connectivity index (χ0v) is 14.9. The first-order valence-electron chi connectivity index (χ1n) is 8.84. The molecule has 1 spiro atoms. The summed E-state index contributed by atoms with van der Waals surface area (Å²) in [5.41, 5.74) is 1.25. The Balaban J connectivity index is 1.50. The molecule has 0 unspecified atom stereocenters. The Morgan fingerprint density at radius 2 is 1.84 bits per heavy atom. The minimum Gasteiger partial charge on any atom is -0.481 e. The summed E-state index contributed by atoms with van der Waals surface area (Å²) in [6.07, 6.45) is 5.20. The smallest absolute Gasteiger partial charge is 0.218 e. The molecule has 0 aromatic carbocycles. The molecule has 2 saturated heterocycles. The van der Waals surface area contributed by atoms with Crippen LogP contribution in [0.2, 0.25) is 0 Å². The molecular formula is C18H24N6O. The van der Waals surface area contributed by atoms with Crippen LogP contribution < -0.4 is 14.5 Å². The second kappa shape index (κ2) is 6.46. The van der Waals surface area contributed by atoms with Gasteiger partial charge in [0.15, 0.2) is 5.82 Å². The van der Waals surface area contributed by atoms with Crippen LogP contribution in [0.1, 0.15) is 25.0 Å². The van der Waals surface area contributed by atoms with Crippen molar-refractivity contribution in [3.63, 3.8) is 0 Å². The third-order valence-corrected chi connectivity index (χ3v) is 5.37. The van der Waals surface area contributed by atoms with E-state index in [1.807, 2.05) is 19.1 Å². The second-order valence-corrected chi connectivity index (χ2v) is 7.15. The molecule has 0 saturated carbocycles. The van der Waals surface area contributed by atoms with Crippen molar-refractivity contribution >= 4 is 11.6 Å². The summed E-state index contributed by atoms with van der Waals surface area (Å²) in [5, 5.41) is 8.57. The number of aromatic nitrogens is 4. The molecule has 4 rings (SSSR count). The van der Waals surface area contributed by atoms with E-state index in [1.165, 1.54) is 19.3 Å². The number of methoxy groups -OCH3 is 1. The molecule has 4 heterocycles. The summed E-state index contributed by atoms with van der Waals surface area (Å²) >= 11 is 0. The Morgan fingerprint density at radius 3 is 2.60 bits per heavy atom. The lowest BCUT2D eigenvalue weighted by atomic mass is 9.79. The highest BCUT2D eigenvalue weighted by molar-refractivity contribution is 5.44. The maximum absolute atomic E-state index is 5.25. The first kappa shape index (κ1) is 16.1. The van der Waals surface area contributed by atoms with E-state index >= 15 is 0 Å². The molecule has 7 heteroatoms. The second-order valence-electron chi connectivity index (χ2n) is 7.15. The topological polar surface area (TPSA) is 67.3 Å². The van der Waals surface area contributed by atoms with Gasteiger partial charge in [-0.1, -0.05) is 0 Å². The SMILES string of the molecule is COc1cc(N2CCC[C@]3(CCN(c4ccc(C)nn4)C3)C2)ncn1. The average Bonchev–Trinajstić information content (AvgIpc) is 3.05. The van der Waals surface area contributed by atoms with Gasteiger partial charge in [0.1, 0.15) is 12.1 Å². The molecule has 0 aliphatic carbocycles. The van der Waals surface area contributed by atoms with Crippen LogP contribution in [0, 0.1) is 12.3 Å². The van der Waals surface area contributed by atoms with Crippen molar-refractivity contribution in [2.75, 3.05) is 43.1 Å². The number of aryl methyl sites for hydroxylation is 1. The molecule has 1 atom stereocenters. The van der Waals surface area contributed by atoms with Gasteiger partial charge >= 0.3 is 0 Å². The molecule has 25 heavy (non-hydrogen) atoms. The van der Waals surface area contributed by atoms with Crippen LogP contribution in [0.4, 0.5) is 11.6 Å². The summed E-state index contributed by atoms with van der Waals surface area (Å²) in [4.78, 5) is 13.3. The van der Waals surface area contributed by atoms with Crippen LogP contribution >= 0.6 is 0 Å². The van der Waals surface area contributed by atoms with E-state index in [9.17, 15) is 0 Å². The molecule has 0 radical (unpaired) electrons. The molecule has 2 aromatic rings. The fourth-order valence-corrected chi connectivity index (χ4v) is 4.04. The lowest BCUT2D eigenvalue weighted by molar-refractivity contribution is 0.262. The summed E-state index contributed by atoms with van der Waals surface area (Å²) in [6.45, 7) is 6.09. The third-order valence-electron chi connectivity index (χ3n) is 5.37. The number of hydrogen-bond donors (Lipinski definition) is 0. The molecule has 2 aromatic heterocycles. The minimum absolute atomic E-state index is 0.295. The van der Waals surface area contributed by atoms with Crippen molar-refractivity contribution in [1.82, 2.24) is 20.2 Å². The maximum atomic E-state index is 5.25. The van der Waals surface area contributed by atoms with Gasteiger partial charge in [0, 0.05) is 37.7 Å². The molecule has 0 amide bonds.